The highest BCUT2D eigenvalue weighted by Gasteiger charge is 2.48. The topological polar surface area (TPSA) is 102 Å². The summed E-state index contributed by atoms with van der Waals surface area (Å²) >= 11 is 0. The second-order valence-corrected chi connectivity index (χ2v) is 8.71. The molecule has 184 valence electrons. The maximum atomic E-state index is 13.7. The minimum absolute atomic E-state index is 0.217. The van der Waals surface area contributed by atoms with Crippen LogP contribution in [0.5, 0.6) is 0 Å². The van der Waals surface area contributed by atoms with Crippen LogP contribution in [0.3, 0.4) is 0 Å². The number of esters is 1. The van der Waals surface area contributed by atoms with Gasteiger partial charge in [0.2, 0.25) is 5.60 Å². The predicted octanol–water partition coefficient (Wildman–Crippen LogP) is 2.50. The molecule has 0 bridgehead atoms. The highest BCUT2D eigenvalue weighted by Crippen LogP contribution is 2.37. The fourth-order valence-electron chi connectivity index (χ4n) is 3.38. The van der Waals surface area contributed by atoms with Gasteiger partial charge in [-0.15, -0.1) is 0 Å². The number of alkyl halides is 3. The van der Waals surface area contributed by atoms with Gasteiger partial charge < -0.3 is 9.84 Å². The summed E-state index contributed by atoms with van der Waals surface area (Å²) in [6.07, 6.45) is -5.37. The van der Waals surface area contributed by atoms with Gasteiger partial charge in [-0.1, -0.05) is 12.1 Å². The van der Waals surface area contributed by atoms with Gasteiger partial charge in [-0.25, -0.2) is 23.8 Å². The largest absolute Gasteiger partial charge is 0.495 e. The number of carbonyl (C=O) groups is 3. The fraction of sp³-hybridized carbons (Fsp3) is 0.571. The lowest BCUT2D eigenvalue weighted by Crippen LogP contribution is -2.53. The second-order valence-electron chi connectivity index (χ2n) is 8.71. The van der Waals surface area contributed by atoms with Gasteiger partial charge in [-0.05, 0) is 45.4 Å². The van der Waals surface area contributed by atoms with Crippen molar-refractivity contribution in [2.45, 2.75) is 50.9 Å². The van der Waals surface area contributed by atoms with Gasteiger partial charge in [0.1, 0.15) is 11.4 Å². The van der Waals surface area contributed by atoms with Gasteiger partial charge in [0.15, 0.2) is 0 Å². The molecule has 1 aromatic rings. The molecule has 2 atom stereocenters. The van der Waals surface area contributed by atoms with E-state index >= 15 is 0 Å². The maximum absolute atomic E-state index is 13.7. The van der Waals surface area contributed by atoms with Crippen LogP contribution in [0.15, 0.2) is 24.3 Å². The van der Waals surface area contributed by atoms with Crippen LogP contribution in [0.1, 0.15) is 39.2 Å². The number of carbonyl (C=O) groups excluding carboxylic acids is 3. The molecule has 1 aromatic carbocycles. The third kappa shape index (κ3) is 6.20. The summed E-state index contributed by atoms with van der Waals surface area (Å²) in [7, 11) is 0. The highest BCUT2D eigenvalue weighted by atomic mass is 19.4. The van der Waals surface area contributed by atoms with Crippen molar-refractivity contribution >= 4 is 17.9 Å². The molecular weight excluding hydrogens is 454 g/mol. The molecule has 0 aromatic heterocycles. The van der Waals surface area contributed by atoms with E-state index in [4.69, 9.17) is 4.74 Å². The Morgan fingerprint density at radius 2 is 1.64 bits per heavy atom. The van der Waals surface area contributed by atoms with Crippen LogP contribution in [0.4, 0.5) is 17.6 Å². The normalized spacial score (nSPS) is 19.8. The summed E-state index contributed by atoms with van der Waals surface area (Å²) in [6, 6.07) is 5.90. The Hall–Kier alpha value is -2.73. The predicted molar refractivity (Wildman–Crippen MR) is 104 cm³/mol. The number of ether oxygens (including phenoxy) is 1. The molecular formula is C21H25F4NO7. The molecule has 1 heterocycles. The molecule has 1 fully saturated rings. The number of likely N-dealkylation sites (tertiary alicyclic amines) is 1. The van der Waals surface area contributed by atoms with Crippen molar-refractivity contribution in [2.75, 3.05) is 19.7 Å². The van der Waals surface area contributed by atoms with Crippen molar-refractivity contribution in [2.24, 2.45) is 5.92 Å². The number of aliphatic hydroxyl groups excluding tert-OH is 1. The molecule has 1 aliphatic heterocycles. The molecule has 2 rings (SSSR count). The molecule has 0 radical (unpaired) electrons. The van der Waals surface area contributed by atoms with Crippen LogP contribution in [-0.2, 0) is 28.9 Å². The number of benzene rings is 1. The molecule has 0 aliphatic carbocycles. The summed E-state index contributed by atoms with van der Waals surface area (Å²) in [5, 5.41) is 9.79. The Bertz CT molecular complexity index is 901. The molecule has 0 spiro atoms. The van der Waals surface area contributed by atoms with Crippen LogP contribution < -0.4 is 0 Å². The van der Waals surface area contributed by atoms with Crippen molar-refractivity contribution in [3.63, 3.8) is 0 Å². The van der Waals surface area contributed by atoms with Crippen LogP contribution in [0, 0.1) is 11.7 Å². The van der Waals surface area contributed by atoms with E-state index in [1.54, 1.807) is 17.0 Å². The molecule has 33 heavy (non-hydrogen) atoms. The van der Waals surface area contributed by atoms with Gasteiger partial charge in [0.25, 0.3) is 0 Å². The molecule has 1 aliphatic rings. The van der Waals surface area contributed by atoms with E-state index in [9.17, 15) is 37.1 Å². The first kappa shape index (κ1) is 26.5. The van der Waals surface area contributed by atoms with Crippen molar-refractivity contribution in [3.05, 3.63) is 35.6 Å². The van der Waals surface area contributed by atoms with Crippen LogP contribution in [0.2, 0.25) is 0 Å². The lowest BCUT2D eigenvalue weighted by atomic mass is 9.89. The van der Waals surface area contributed by atoms with Crippen LogP contribution in [0.25, 0.3) is 0 Å². The molecule has 0 saturated carbocycles. The van der Waals surface area contributed by atoms with E-state index in [-0.39, 0.29) is 31.5 Å². The zero-order valence-electron chi connectivity index (χ0n) is 18.4. The van der Waals surface area contributed by atoms with E-state index in [1.807, 2.05) is 0 Å². The minimum Gasteiger partial charge on any atom is -0.446 e. The smallest absolute Gasteiger partial charge is 0.446 e. The standard InChI is InChI=1S/C21H25F4NO7/c1-19(2,16(28)31-20(3,4)17(29)32-33-18(30)21(23,24)25)26-9-13(11-27)15(10-26)12-6-5-7-14(22)8-12/h5-8,13,15,27H,9-11H2,1-4H3/t13-,15-/m1/s1. The number of rotatable bonds is 6. The maximum Gasteiger partial charge on any atom is 0.495 e. The van der Waals surface area contributed by atoms with Crippen molar-refractivity contribution in [3.8, 4) is 0 Å². The fourth-order valence-corrected chi connectivity index (χ4v) is 3.38. The number of nitrogens with zero attached hydrogens (tertiary/aromatic N) is 1. The highest BCUT2D eigenvalue weighted by molar-refractivity contribution is 5.86. The van der Waals surface area contributed by atoms with E-state index in [0.29, 0.717) is 5.56 Å². The number of hydrogen-bond acceptors (Lipinski definition) is 8. The Morgan fingerprint density at radius 1 is 1.03 bits per heavy atom. The third-order valence-electron chi connectivity index (χ3n) is 5.51. The third-order valence-corrected chi connectivity index (χ3v) is 5.51. The van der Waals surface area contributed by atoms with Gasteiger partial charge >= 0.3 is 24.1 Å². The first-order valence-electron chi connectivity index (χ1n) is 9.94. The molecule has 1 saturated heterocycles. The monoisotopic (exact) mass is 479 g/mol. The average Bonchev–Trinajstić information content (AvgIpc) is 3.16. The van der Waals surface area contributed by atoms with Gasteiger partial charge in [-0.2, -0.15) is 13.2 Å². The van der Waals surface area contributed by atoms with Gasteiger partial charge in [0, 0.05) is 31.5 Å². The van der Waals surface area contributed by atoms with E-state index < -0.39 is 41.0 Å². The first-order chi connectivity index (χ1) is 15.1. The second kappa shape index (κ2) is 9.64. The Labute approximate surface area is 187 Å². The lowest BCUT2D eigenvalue weighted by molar-refractivity contribution is -0.293. The summed E-state index contributed by atoms with van der Waals surface area (Å²) in [5.74, 6) is -6.21. The number of halogens is 4. The minimum atomic E-state index is -5.37. The summed E-state index contributed by atoms with van der Waals surface area (Å²) < 4.78 is 55.4. The molecule has 1 N–H and O–H groups in total. The van der Waals surface area contributed by atoms with Crippen molar-refractivity contribution in [1.82, 2.24) is 4.90 Å². The molecule has 12 heteroatoms. The van der Waals surface area contributed by atoms with E-state index in [1.165, 1.54) is 26.0 Å². The summed E-state index contributed by atoms with van der Waals surface area (Å²) in [4.78, 5) is 44.6. The quantitative estimate of drug-likeness (QED) is 0.288. The first-order valence-corrected chi connectivity index (χ1v) is 9.94. The van der Waals surface area contributed by atoms with E-state index in [0.717, 1.165) is 13.8 Å². The van der Waals surface area contributed by atoms with E-state index in [2.05, 4.69) is 9.78 Å². The van der Waals surface area contributed by atoms with Crippen molar-refractivity contribution in [1.29, 1.82) is 0 Å². The zero-order valence-corrected chi connectivity index (χ0v) is 18.4. The molecule has 8 nitrogen and oxygen atoms in total. The lowest BCUT2D eigenvalue weighted by Gasteiger charge is -2.35. The van der Waals surface area contributed by atoms with Gasteiger partial charge in [0.05, 0.1) is 0 Å². The van der Waals surface area contributed by atoms with Crippen LogP contribution >= 0.6 is 0 Å². The molecule has 0 amide bonds. The summed E-state index contributed by atoms with van der Waals surface area (Å²) in [5.41, 5.74) is -2.77. The SMILES string of the molecule is CC(C)(OC(=O)C(C)(C)N1C[C@H](CO)[C@@H](c2cccc(F)c2)C1)C(=O)OOC(=O)C(F)(F)F. The number of aliphatic hydroxyl groups is 1. The van der Waals surface area contributed by atoms with Crippen molar-refractivity contribution < 1.29 is 51.6 Å². The average molecular weight is 479 g/mol. The number of hydrogen-bond donors (Lipinski definition) is 1. The van der Waals surface area contributed by atoms with Crippen LogP contribution in [-0.4, -0.2) is 64.9 Å². The Kier molecular flexibility index (Phi) is 7.74. The zero-order chi connectivity index (χ0) is 25.2. The molecule has 0 unspecified atom stereocenters. The Morgan fingerprint density at radius 3 is 2.18 bits per heavy atom. The Balaban J connectivity index is 2.08. The summed E-state index contributed by atoms with van der Waals surface area (Å²) in [6.45, 7) is 5.43. The van der Waals surface area contributed by atoms with Gasteiger partial charge in [-0.3, -0.25) is 9.69 Å².